The SMILES string of the molecule is COc1ccc(NC(C)=O)cc1NC(=O)COc1cccc([N+](=O)[O-])c1. The Balaban J connectivity index is 2.04. The first-order valence-electron chi connectivity index (χ1n) is 7.52. The van der Waals surface area contributed by atoms with Gasteiger partial charge < -0.3 is 20.1 Å². The van der Waals surface area contributed by atoms with Crippen LogP contribution in [-0.4, -0.2) is 30.5 Å². The summed E-state index contributed by atoms with van der Waals surface area (Å²) in [6.45, 7) is 1.02. The molecule has 0 aliphatic heterocycles. The maximum atomic E-state index is 12.1. The van der Waals surface area contributed by atoms with Gasteiger partial charge in [-0.05, 0) is 24.3 Å². The number of nitro groups is 1. The monoisotopic (exact) mass is 359 g/mol. The van der Waals surface area contributed by atoms with Gasteiger partial charge in [-0.3, -0.25) is 19.7 Å². The lowest BCUT2D eigenvalue weighted by atomic mass is 10.2. The van der Waals surface area contributed by atoms with E-state index in [1.807, 2.05) is 0 Å². The van der Waals surface area contributed by atoms with Gasteiger partial charge in [0, 0.05) is 18.7 Å². The average Bonchev–Trinajstić information content (AvgIpc) is 2.60. The molecule has 0 bridgehead atoms. The summed E-state index contributed by atoms with van der Waals surface area (Å²) in [6, 6.07) is 10.3. The number of non-ortho nitro benzene ring substituents is 1. The van der Waals surface area contributed by atoms with E-state index in [9.17, 15) is 19.7 Å². The zero-order valence-corrected chi connectivity index (χ0v) is 14.1. The predicted molar refractivity (Wildman–Crippen MR) is 94.5 cm³/mol. The number of nitro benzene ring substituents is 1. The van der Waals surface area contributed by atoms with Crippen LogP contribution in [0.4, 0.5) is 17.1 Å². The van der Waals surface area contributed by atoms with Gasteiger partial charge in [0.15, 0.2) is 6.61 Å². The third-order valence-electron chi connectivity index (χ3n) is 3.19. The number of methoxy groups -OCH3 is 1. The summed E-state index contributed by atoms with van der Waals surface area (Å²) in [5, 5.41) is 16.0. The highest BCUT2D eigenvalue weighted by Crippen LogP contribution is 2.28. The van der Waals surface area contributed by atoms with Crippen molar-refractivity contribution < 1.29 is 24.0 Å². The highest BCUT2D eigenvalue weighted by Gasteiger charge is 2.11. The summed E-state index contributed by atoms with van der Waals surface area (Å²) in [6.07, 6.45) is 0. The van der Waals surface area contributed by atoms with Gasteiger partial charge in [0.25, 0.3) is 11.6 Å². The third kappa shape index (κ3) is 5.20. The normalized spacial score (nSPS) is 9.92. The summed E-state index contributed by atoms with van der Waals surface area (Å²) in [5.41, 5.74) is 0.715. The molecule has 0 unspecified atom stereocenters. The highest BCUT2D eigenvalue weighted by atomic mass is 16.6. The fourth-order valence-corrected chi connectivity index (χ4v) is 2.11. The van der Waals surface area contributed by atoms with Crippen molar-refractivity contribution in [2.45, 2.75) is 6.92 Å². The molecule has 0 aliphatic rings. The molecule has 0 spiro atoms. The van der Waals surface area contributed by atoms with Crippen LogP contribution in [-0.2, 0) is 9.59 Å². The molecule has 26 heavy (non-hydrogen) atoms. The molecule has 0 aromatic heterocycles. The van der Waals surface area contributed by atoms with Crippen LogP contribution in [0.25, 0.3) is 0 Å². The molecule has 9 nitrogen and oxygen atoms in total. The Morgan fingerprint density at radius 3 is 2.58 bits per heavy atom. The van der Waals surface area contributed by atoms with E-state index in [4.69, 9.17) is 9.47 Å². The molecular weight excluding hydrogens is 342 g/mol. The number of carbonyl (C=O) groups excluding carboxylic acids is 2. The second kappa shape index (κ2) is 8.47. The summed E-state index contributed by atoms with van der Waals surface area (Å²) in [5.74, 6) is -0.132. The molecule has 0 heterocycles. The lowest BCUT2D eigenvalue weighted by Crippen LogP contribution is -2.20. The van der Waals surface area contributed by atoms with Crippen molar-refractivity contribution in [2.24, 2.45) is 0 Å². The van der Waals surface area contributed by atoms with Crippen LogP contribution >= 0.6 is 0 Å². The molecule has 2 aromatic carbocycles. The standard InChI is InChI=1S/C17H17N3O6/c1-11(21)18-12-6-7-16(25-2)15(8-12)19-17(22)10-26-14-5-3-4-13(9-14)20(23)24/h3-9H,10H2,1-2H3,(H,18,21)(H,19,22). The lowest BCUT2D eigenvalue weighted by Gasteiger charge is -2.13. The minimum atomic E-state index is -0.550. The predicted octanol–water partition coefficient (Wildman–Crippen LogP) is 2.58. The van der Waals surface area contributed by atoms with E-state index >= 15 is 0 Å². The van der Waals surface area contributed by atoms with E-state index in [-0.39, 0.29) is 24.0 Å². The Bertz CT molecular complexity index is 837. The summed E-state index contributed by atoms with van der Waals surface area (Å²) < 4.78 is 10.4. The first-order chi connectivity index (χ1) is 12.4. The number of anilines is 2. The second-order valence-corrected chi connectivity index (χ2v) is 5.19. The first kappa shape index (κ1) is 18.7. The molecule has 136 valence electrons. The van der Waals surface area contributed by atoms with Gasteiger partial charge in [0.2, 0.25) is 5.91 Å². The van der Waals surface area contributed by atoms with Crippen LogP contribution in [0.3, 0.4) is 0 Å². The molecule has 2 aromatic rings. The third-order valence-corrected chi connectivity index (χ3v) is 3.19. The van der Waals surface area contributed by atoms with Gasteiger partial charge in [-0.1, -0.05) is 6.07 Å². The van der Waals surface area contributed by atoms with Crippen LogP contribution in [0.1, 0.15) is 6.92 Å². The van der Waals surface area contributed by atoms with Crippen molar-refractivity contribution >= 4 is 28.9 Å². The number of ether oxygens (including phenoxy) is 2. The minimum Gasteiger partial charge on any atom is -0.495 e. The van der Waals surface area contributed by atoms with Gasteiger partial charge in [0.05, 0.1) is 23.8 Å². The van der Waals surface area contributed by atoms with Crippen LogP contribution in [0.5, 0.6) is 11.5 Å². The van der Waals surface area contributed by atoms with Gasteiger partial charge in [-0.25, -0.2) is 0 Å². The Morgan fingerprint density at radius 2 is 1.92 bits per heavy atom. The van der Waals surface area contributed by atoms with Crippen molar-refractivity contribution in [2.75, 3.05) is 24.4 Å². The second-order valence-electron chi connectivity index (χ2n) is 5.19. The smallest absolute Gasteiger partial charge is 0.273 e. The number of benzene rings is 2. The lowest BCUT2D eigenvalue weighted by molar-refractivity contribution is -0.384. The molecule has 0 fully saturated rings. The largest absolute Gasteiger partial charge is 0.495 e. The molecule has 2 amide bonds. The molecule has 2 rings (SSSR count). The number of carbonyl (C=O) groups is 2. The average molecular weight is 359 g/mol. The van der Waals surface area contributed by atoms with E-state index < -0.39 is 10.8 Å². The number of hydrogen-bond acceptors (Lipinski definition) is 6. The fraction of sp³-hybridized carbons (Fsp3) is 0.176. The van der Waals surface area contributed by atoms with Gasteiger partial charge >= 0.3 is 0 Å². The number of amides is 2. The van der Waals surface area contributed by atoms with E-state index in [0.29, 0.717) is 17.1 Å². The van der Waals surface area contributed by atoms with E-state index in [1.54, 1.807) is 18.2 Å². The number of hydrogen-bond donors (Lipinski definition) is 2. The van der Waals surface area contributed by atoms with Crippen molar-refractivity contribution in [1.29, 1.82) is 0 Å². The van der Waals surface area contributed by atoms with Crippen molar-refractivity contribution in [3.05, 3.63) is 52.6 Å². The molecule has 0 saturated carbocycles. The van der Waals surface area contributed by atoms with Crippen LogP contribution in [0, 0.1) is 10.1 Å². The van der Waals surface area contributed by atoms with E-state index in [1.165, 1.54) is 38.3 Å². The topological polar surface area (TPSA) is 120 Å². The van der Waals surface area contributed by atoms with Crippen LogP contribution < -0.4 is 20.1 Å². The Kier molecular flexibility index (Phi) is 6.10. The number of nitrogens with one attached hydrogen (secondary N) is 2. The molecule has 0 radical (unpaired) electrons. The summed E-state index contributed by atoms with van der Waals surface area (Å²) in [7, 11) is 1.45. The Hall–Kier alpha value is -3.62. The quantitative estimate of drug-likeness (QED) is 0.579. The fourth-order valence-electron chi connectivity index (χ4n) is 2.11. The van der Waals surface area contributed by atoms with Crippen molar-refractivity contribution in [3.63, 3.8) is 0 Å². The maximum absolute atomic E-state index is 12.1. The molecule has 2 N–H and O–H groups in total. The molecular formula is C17H17N3O6. The summed E-state index contributed by atoms with van der Waals surface area (Å²) >= 11 is 0. The highest BCUT2D eigenvalue weighted by molar-refractivity contribution is 5.95. The summed E-state index contributed by atoms with van der Waals surface area (Å²) in [4.78, 5) is 33.4. The Labute approximate surface area is 149 Å². The molecule has 9 heteroatoms. The zero-order valence-electron chi connectivity index (χ0n) is 14.1. The Morgan fingerprint density at radius 1 is 1.15 bits per heavy atom. The zero-order chi connectivity index (χ0) is 19.1. The molecule has 0 atom stereocenters. The molecule has 0 aliphatic carbocycles. The first-order valence-corrected chi connectivity index (χ1v) is 7.52. The van der Waals surface area contributed by atoms with E-state index in [0.717, 1.165) is 0 Å². The van der Waals surface area contributed by atoms with Gasteiger partial charge in [-0.15, -0.1) is 0 Å². The van der Waals surface area contributed by atoms with Crippen LogP contribution in [0.2, 0.25) is 0 Å². The van der Waals surface area contributed by atoms with Gasteiger partial charge in [-0.2, -0.15) is 0 Å². The number of rotatable bonds is 7. The maximum Gasteiger partial charge on any atom is 0.273 e. The van der Waals surface area contributed by atoms with Crippen LogP contribution in [0.15, 0.2) is 42.5 Å². The van der Waals surface area contributed by atoms with E-state index in [2.05, 4.69) is 10.6 Å². The minimum absolute atomic E-state index is 0.132. The number of nitrogens with zero attached hydrogens (tertiary/aromatic N) is 1. The van der Waals surface area contributed by atoms with Crippen molar-refractivity contribution in [3.8, 4) is 11.5 Å². The molecule has 0 saturated heterocycles. The van der Waals surface area contributed by atoms with Gasteiger partial charge in [0.1, 0.15) is 11.5 Å². The van der Waals surface area contributed by atoms with Crippen molar-refractivity contribution in [1.82, 2.24) is 0 Å².